The molecule has 0 aliphatic heterocycles. The van der Waals surface area contributed by atoms with E-state index in [1.165, 1.54) is 6.42 Å². The molecule has 19 heavy (non-hydrogen) atoms. The molecular weight excluding hydrogens is 260 g/mol. The molecule has 102 valence electrons. The van der Waals surface area contributed by atoms with E-state index in [2.05, 4.69) is 4.72 Å². The van der Waals surface area contributed by atoms with E-state index in [0.29, 0.717) is 17.0 Å². The smallest absolute Gasteiger partial charge is 0.212 e. The molecule has 1 unspecified atom stereocenters. The van der Waals surface area contributed by atoms with Crippen LogP contribution in [0.1, 0.15) is 37.3 Å². The van der Waals surface area contributed by atoms with Crippen molar-refractivity contribution in [1.82, 2.24) is 4.72 Å². The maximum atomic E-state index is 12.1. The van der Waals surface area contributed by atoms with Gasteiger partial charge in [0.25, 0.3) is 0 Å². The molecular formula is C14H18N2O2S. The van der Waals surface area contributed by atoms with Gasteiger partial charge >= 0.3 is 0 Å². The Kier molecular flexibility index (Phi) is 4.23. The first-order chi connectivity index (χ1) is 9.02. The molecule has 1 aliphatic carbocycles. The Morgan fingerprint density at radius 2 is 2.11 bits per heavy atom. The van der Waals surface area contributed by atoms with Crippen molar-refractivity contribution in [2.24, 2.45) is 5.92 Å². The molecule has 2 rings (SSSR count). The minimum absolute atomic E-state index is 0.0204. The first-order valence-corrected chi connectivity index (χ1v) is 8.15. The van der Waals surface area contributed by atoms with E-state index < -0.39 is 10.0 Å². The third-order valence-electron chi connectivity index (χ3n) is 3.71. The number of nitrogens with one attached hydrogen (secondary N) is 1. The van der Waals surface area contributed by atoms with E-state index in [-0.39, 0.29) is 11.8 Å². The van der Waals surface area contributed by atoms with Gasteiger partial charge in [-0.25, -0.2) is 13.1 Å². The zero-order valence-electron chi connectivity index (χ0n) is 11.0. The maximum absolute atomic E-state index is 12.1. The minimum Gasteiger partial charge on any atom is -0.212 e. The molecule has 1 N–H and O–H groups in total. The van der Waals surface area contributed by atoms with Crippen molar-refractivity contribution in [2.45, 2.75) is 38.0 Å². The highest BCUT2D eigenvalue weighted by atomic mass is 32.2. The Labute approximate surface area is 114 Å². The van der Waals surface area contributed by atoms with Crippen molar-refractivity contribution in [3.05, 3.63) is 35.4 Å². The van der Waals surface area contributed by atoms with Crippen LogP contribution in [0.25, 0.3) is 0 Å². The lowest BCUT2D eigenvalue weighted by atomic mass is 9.81. The molecule has 0 aromatic heterocycles. The Bertz CT molecular complexity index is 586. The maximum Gasteiger partial charge on any atom is 0.216 e. The quantitative estimate of drug-likeness (QED) is 0.897. The highest BCUT2D eigenvalue weighted by Crippen LogP contribution is 2.29. The summed E-state index contributed by atoms with van der Waals surface area (Å²) in [4.78, 5) is 0. The van der Waals surface area contributed by atoms with Gasteiger partial charge in [-0.3, -0.25) is 0 Å². The average molecular weight is 278 g/mol. The molecule has 0 amide bonds. The topological polar surface area (TPSA) is 70.0 Å². The fourth-order valence-electron chi connectivity index (χ4n) is 2.32. The summed E-state index contributed by atoms with van der Waals surface area (Å²) in [5, 5.41) is 8.97. The minimum atomic E-state index is -3.39. The van der Waals surface area contributed by atoms with E-state index in [1.807, 2.05) is 13.0 Å². The summed E-state index contributed by atoms with van der Waals surface area (Å²) in [7, 11) is -3.39. The fraction of sp³-hybridized carbons (Fsp3) is 0.500. The van der Waals surface area contributed by atoms with E-state index in [4.69, 9.17) is 5.26 Å². The lowest BCUT2D eigenvalue weighted by Crippen LogP contribution is -2.41. The molecule has 0 heterocycles. The third-order valence-corrected chi connectivity index (χ3v) is 5.13. The highest BCUT2D eigenvalue weighted by molar-refractivity contribution is 7.88. The molecule has 1 aromatic carbocycles. The van der Waals surface area contributed by atoms with Crippen LogP contribution in [0.15, 0.2) is 24.3 Å². The van der Waals surface area contributed by atoms with Gasteiger partial charge < -0.3 is 0 Å². The number of rotatable bonds is 5. The molecule has 4 nitrogen and oxygen atoms in total. The molecule has 5 heteroatoms. The van der Waals surface area contributed by atoms with Gasteiger partial charge in [0.1, 0.15) is 0 Å². The van der Waals surface area contributed by atoms with Gasteiger partial charge in [-0.1, -0.05) is 24.6 Å². The van der Waals surface area contributed by atoms with Gasteiger partial charge in [-0.05, 0) is 37.3 Å². The number of hydrogen-bond acceptors (Lipinski definition) is 3. The molecule has 0 spiro atoms. The van der Waals surface area contributed by atoms with Crippen LogP contribution in [-0.4, -0.2) is 14.5 Å². The van der Waals surface area contributed by atoms with Crippen molar-refractivity contribution in [3.8, 4) is 6.07 Å². The summed E-state index contributed by atoms with van der Waals surface area (Å²) >= 11 is 0. The number of sulfonamides is 1. The lowest BCUT2D eigenvalue weighted by Gasteiger charge is -2.31. The van der Waals surface area contributed by atoms with Crippen molar-refractivity contribution in [2.75, 3.05) is 0 Å². The molecule has 1 aliphatic rings. The van der Waals surface area contributed by atoms with E-state index >= 15 is 0 Å². The largest absolute Gasteiger partial charge is 0.216 e. The molecule has 0 bridgehead atoms. The van der Waals surface area contributed by atoms with Crippen LogP contribution in [0.3, 0.4) is 0 Å². The van der Waals surface area contributed by atoms with Crippen molar-refractivity contribution in [1.29, 1.82) is 5.26 Å². The predicted molar refractivity (Wildman–Crippen MR) is 73.7 cm³/mol. The number of nitriles is 1. The van der Waals surface area contributed by atoms with Gasteiger partial charge in [0.2, 0.25) is 10.0 Å². The normalized spacial score (nSPS) is 17.5. The van der Waals surface area contributed by atoms with Gasteiger partial charge in [0, 0.05) is 6.04 Å². The van der Waals surface area contributed by atoms with Crippen LogP contribution in [0.4, 0.5) is 0 Å². The standard InChI is InChI=1S/C14H18N2O2S/c1-11(12-7-4-8-12)16-19(17,18)10-14-6-3-2-5-13(14)9-15/h2-3,5-6,11-12,16H,4,7-8,10H2,1H3. The third kappa shape index (κ3) is 3.55. The second kappa shape index (κ2) is 5.72. The van der Waals surface area contributed by atoms with Crippen LogP contribution in [-0.2, 0) is 15.8 Å². The summed E-state index contributed by atoms with van der Waals surface area (Å²) in [6.45, 7) is 1.91. The lowest BCUT2D eigenvalue weighted by molar-refractivity contribution is 0.260. The second-order valence-corrected chi connectivity index (χ2v) is 6.88. The first kappa shape index (κ1) is 14.0. The molecule has 1 saturated carbocycles. The predicted octanol–water partition coefficient (Wildman–Crippen LogP) is 2.17. The summed E-state index contributed by atoms with van der Waals surface area (Å²) in [6.07, 6.45) is 3.38. The van der Waals surface area contributed by atoms with Gasteiger partial charge in [0.05, 0.1) is 17.4 Å². The zero-order chi connectivity index (χ0) is 13.9. The zero-order valence-corrected chi connectivity index (χ0v) is 11.8. The number of hydrogen-bond donors (Lipinski definition) is 1. The molecule has 1 aromatic rings. The molecule has 0 radical (unpaired) electrons. The van der Waals surface area contributed by atoms with Crippen LogP contribution in [0.2, 0.25) is 0 Å². The van der Waals surface area contributed by atoms with E-state index in [9.17, 15) is 8.42 Å². The Hall–Kier alpha value is -1.38. The van der Waals surface area contributed by atoms with Gasteiger partial charge in [-0.2, -0.15) is 5.26 Å². The van der Waals surface area contributed by atoms with E-state index in [1.54, 1.807) is 24.3 Å². The summed E-state index contributed by atoms with van der Waals surface area (Å²) in [6, 6.07) is 8.82. The Morgan fingerprint density at radius 3 is 2.68 bits per heavy atom. The SMILES string of the molecule is CC(NS(=O)(=O)Cc1ccccc1C#N)C1CCC1. The molecule has 1 atom stereocenters. The summed E-state index contributed by atoms with van der Waals surface area (Å²) < 4.78 is 26.9. The second-order valence-electron chi connectivity index (χ2n) is 5.13. The van der Waals surface area contributed by atoms with Gasteiger partial charge in [-0.15, -0.1) is 0 Å². The van der Waals surface area contributed by atoms with Crippen molar-refractivity contribution in [3.63, 3.8) is 0 Å². The fourth-order valence-corrected chi connectivity index (χ4v) is 3.82. The number of benzene rings is 1. The summed E-state index contributed by atoms with van der Waals surface area (Å²) in [5.74, 6) is 0.328. The van der Waals surface area contributed by atoms with Crippen LogP contribution >= 0.6 is 0 Å². The van der Waals surface area contributed by atoms with Crippen LogP contribution in [0, 0.1) is 17.2 Å². The first-order valence-electron chi connectivity index (χ1n) is 6.50. The molecule has 0 saturated heterocycles. The Morgan fingerprint density at radius 1 is 1.42 bits per heavy atom. The van der Waals surface area contributed by atoms with Crippen LogP contribution < -0.4 is 4.72 Å². The number of nitrogens with zero attached hydrogens (tertiary/aromatic N) is 1. The van der Waals surface area contributed by atoms with Gasteiger partial charge in [0.15, 0.2) is 0 Å². The monoisotopic (exact) mass is 278 g/mol. The van der Waals surface area contributed by atoms with E-state index in [0.717, 1.165) is 12.8 Å². The highest BCUT2D eigenvalue weighted by Gasteiger charge is 2.27. The average Bonchev–Trinajstić information content (AvgIpc) is 2.25. The van der Waals surface area contributed by atoms with Crippen molar-refractivity contribution >= 4 is 10.0 Å². The molecule has 1 fully saturated rings. The summed E-state index contributed by atoms with van der Waals surface area (Å²) in [5.41, 5.74) is 0.975. The van der Waals surface area contributed by atoms with Crippen LogP contribution in [0.5, 0.6) is 0 Å². The van der Waals surface area contributed by atoms with Crippen molar-refractivity contribution < 1.29 is 8.42 Å². The Balaban J connectivity index is 2.06.